The number of thiophene rings is 1. The lowest BCUT2D eigenvalue weighted by molar-refractivity contribution is -0.132. The summed E-state index contributed by atoms with van der Waals surface area (Å²) in [5.41, 5.74) is 2.98. The Morgan fingerprint density at radius 3 is 2.44 bits per heavy atom. The standard InChI is InChI=1S/C27H32N2O5S2/c1-4-5-13-29(36(31,32)23-9-6-20(2)7-10-23)18-27(30)28(17-26-21(3)12-14-35-26)16-22-8-11-24-25(15-22)34-19-33-24/h6-12,14-15H,4-5,13,16-19H2,1-3H3. The van der Waals surface area contributed by atoms with Gasteiger partial charge >= 0.3 is 0 Å². The molecular weight excluding hydrogens is 496 g/mol. The molecule has 0 saturated heterocycles. The van der Waals surface area contributed by atoms with Crippen molar-refractivity contribution >= 4 is 27.3 Å². The Hall–Kier alpha value is -2.88. The number of aryl methyl sites for hydroxylation is 2. The highest BCUT2D eigenvalue weighted by atomic mass is 32.2. The molecule has 1 aliphatic heterocycles. The number of rotatable bonds is 11. The molecule has 4 rings (SSSR count). The first-order chi connectivity index (χ1) is 17.3. The number of hydrogen-bond acceptors (Lipinski definition) is 6. The molecule has 1 aromatic heterocycles. The molecular formula is C27H32N2O5S2. The van der Waals surface area contributed by atoms with Gasteiger partial charge in [-0.2, -0.15) is 4.31 Å². The molecule has 0 spiro atoms. The molecule has 36 heavy (non-hydrogen) atoms. The average Bonchev–Trinajstić information content (AvgIpc) is 3.49. The monoisotopic (exact) mass is 528 g/mol. The molecule has 9 heteroatoms. The lowest BCUT2D eigenvalue weighted by atomic mass is 10.1. The molecule has 0 N–H and O–H groups in total. The molecule has 2 heterocycles. The summed E-state index contributed by atoms with van der Waals surface area (Å²) in [5, 5.41) is 2.00. The molecule has 7 nitrogen and oxygen atoms in total. The first kappa shape index (κ1) is 26.2. The van der Waals surface area contributed by atoms with Gasteiger partial charge in [0, 0.05) is 18.0 Å². The molecule has 0 atom stereocenters. The summed E-state index contributed by atoms with van der Waals surface area (Å²) in [5.74, 6) is 1.09. The molecule has 0 fully saturated rings. The Labute approximate surface area is 217 Å². The second kappa shape index (κ2) is 11.5. The van der Waals surface area contributed by atoms with E-state index in [0.29, 0.717) is 31.0 Å². The van der Waals surface area contributed by atoms with Gasteiger partial charge in [0.05, 0.1) is 18.0 Å². The minimum atomic E-state index is -3.82. The van der Waals surface area contributed by atoms with Crippen molar-refractivity contribution in [1.29, 1.82) is 0 Å². The second-order valence-electron chi connectivity index (χ2n) is 8.97. The van der Waals surface area contributed by atoms with Crippen LogP contribution < -0.4 is 9.47 Å². The van der Waals surface area contributed by atoms with Gasteiger partial charge < -0.3 is 14.4 Å². The number of ether oxygens (including phenoxy) is 2. The quantitative estimate of drug-likeness (QED) is 0.346. The zero-order chi connectivity index (χ0) is 25.7. The third-order valence-corrected chi connectivity index (χ3v) is 9.06. The normalized spacial score (nSPS) is 12.8. The number of carbonyl (C=O) groups excluding carboxylic acids is 1. The van der Waals surface area contributed by atoms with Gasteiger partial charge in [0.1, 0.15) is 0 Å². The van der Waals surface area contributed by atoms with E-state index in [1.807, 2.05) is 50.4 Å². The molecule has 1 aliphatic rings. The lowest BCUT2D eigenvalue weighted by Gasteiger charge is -2.27. The van der Waals surface area contributed by atoms with E-state index >= 15 is 0 Å². The van der Waals surface area contributed by atoms with Gasteiger partial charge in [-0.1, -0.05) is 37.1 Å². The highest BCUT2D eigenvalue weighted by Gasteiger charge is 2.29. The van der Waals surface area contributed by atoms with Gasteiger partial charge in [0.25, 0.3) is 0 Å². The van der Waals surface area contributed by atoms with Crippen molar-refractivity contribution in [2.24, 2.45) is 0 Å². The van der Waals surface area contributed by atoms with Crippen molar-refractivity contribution in [1.82, 2.24) is 9.21 Å². The van der Waals surface area contributed by atoms with Crippen molar-refractivity contribution in [2.75, 3.05) is 19.9 Å². The summed E-state index contributed by atoms with van der Waals surface area (Å²) >= 11 is 1.59. The van der Waals surface area contributed by atoms with Crippen LogP contribution in [0.2, 0.25) is 0 Å². The number of carbonyl (C=O) groups is 1. The van der Waals surface area contributed by atoms with Crippen LogP contribution in [0.15, 0.2) is 58.8 Å². The van der Waals surface area contributed by atoms with Gasteiger partial charge in [0.15, 0.2) is 11.5 Å². The van der Waals surface area contributed by atoms with Crippen LogP contribution in [0.3, 0.4) is 0 Å². The molecule has 192 valence electrons. The Morgan fingerprint density at radius 1 is 1.00 bits per heavy atom. The number of hydrogen-bond donors (Lipinski definition) is 0. The number of nitrogens with zero attached hydrogens (tertiary/aromatic N) is 2. The summed E-state index contributed by atoms with van der Waals surface area (Å²) < 4.78 is 39.2. The van der Waals surface area contributed by atoms with Gasteiger partial charge in [-0.25, -0.2) is 8.42 Å². The van der Waals surface area contributed by atoms with Crippen LogP contribution in [0.25, 0.3) is 0 Å². The van der Waals surface area contributed by atoms with E-state index in [-0.39, 0.29) is 30.7 Å². The Kier molecular flexibility index (Phi) is 8.33. The molecule has 3 aromatic rings. The van der Waals surface area contributed by atoms with Crippen LogP contribution in [-0.2, 0) is 27.9 Å². The first-order valence-electron chi connectivity index (χ1n) is 12.0. The summed E-state index contributed by atoms with van der Waals surface area (Å²) in [6, 6.07) is 14.4. The van der Waals surface area contributed by atoms with Crippen LogP contribution in [0.1, 0.15) is 41.3 Å². The predicted molar refractivity (Wildman–Crippen MR) is 141 cm³/mol. The molecule has 0 aliphatic carbocycles. The van der Waals surface area contributed by atoms with Crippen LogP contribution >= 0.6 is 11.3 Å². The Bertz CT molecular complexity index is 1300. The fraction of sp³-hybridized carbons (Fsp3) is 0.370. The number of benzene rings is 2. The van der Waals surface area contributed by atoms with Crippen LogP contribution in [0.4, 0.5) is 0 Å². The summed E-state index contributed by atoms with van der Waals surface area (Å²) in [6.45, 7) is 6.92. The van der Waals surface area contributed by atoms with Crippen molar-refractivity contribution in [3.63, 3.8) is 0 Å². The SMILES string of the molecule is CCCCN(CC(=O)N(Cc1ccc2c(c1)OCO2)Cc1sccc1C)S(=O)(=O)c1ccc(C)cc1. The number of fused-ring (bicyclic) bond motifs is 1. The van der Waals surface area contributed by atoms with E-state index in [2.05, 4.69) is 0 Å². The van der Waals surface area contributed by atoms with Crippen LogP contribution in [0, 0.1) is 13.8 Å². The van der Waals surface area contributed by atoms with E-state index in [1.54, 1.807) is 40.5 Å². The zero-order valence-corrected chi connectivity index (χ0v) is 22.5. The maximum Gasteiger partial charge on any atom is 0.243 e. The van der Waals surface area contributed by atoms with E-state index < -0.39 is 10.0 Å². The lowest BCUT2D eigenvalue weighted by Crippen LogP contribution is -2.42. The summed E-state index contributed by atoms with van der Waals surface area (Å²) in [7, 11) is -3.82. The maximum absolute atomic E-state index is 13.7. The molecule has 0 bridgehead atoms. The van der Waals surface area contributed by atoms with E-state index in [9.17, 15) is 13.2 Å². The van der Waals surface area contributed by atoms with Crippen molar-refractivity contribution in [3.05, 3.63) is 75.5 Å². The van der Waals surface area contributed by atoms with Gasteiger partial charge in [-0.3, -0.25) is 4.79 Å². The third-order valence-electron chi connectivity index (χ3n) is 6.20. The third kappa shape index (κ3) is 6.08. The van der Waals surface area contributed by atoms with Crippen LogP contribution in [-0.4, -0.2) is 43.4 Å². The largest absolute Gasteiger partial charge is 0.454 e. The van der Waals surface area contributed by atoms with Crippen molar-refractivity contribution in [3.8, 4) is 11.5 Å². The second-order valence-corrected chi connectivity index (χ2v) is 11.9. The van der Waals surface area contributed by atoms with Crippen molar-refractivity contribution < 1.29 is 22.7 Å². The predicted octanol–water partition coefficient (Wildman–Crippen LogP) is 5.11. The smallest absolute Gasteiger partial charge is 0.243 e. The maximum atomic E-state index is 13.7. The number of sulfonamides is 1. The van der Waals surface area contributed by atoms with E-state index in [4.69, 9.17) is 9.47 Å². The molecule has 0 radical (unpaired) electrons. The summed E-state index contributed by atoms with van der Waals surface area (Å²) in [6.07, 6.45) is 1.49. The zero-order valence-electron chi connectivity index (χ0n) is 20.9. The van der Waals surface area contributed by atoms with E-state index in [0.717, 1.165) is 28.0 Å². The first-order valence-corrected chi connectivity index (χ1v) is 14.4. The molecule has 2 aromatic carbocycles. The molecule has 0 saturated carbocycles. The topological polar surface area (TPSA) is 76.2 Å². The van der Waals surface area contributed by atoms with Gasteiger partial charge in [-0.05, 0) is 67.1 Å². The minimum absolute atomic E-state index is 0.180. The summed E-state index contributed by atoms with van der Waals surface area (Å²) in [4.78, 5) is 16.7. The van der Waals surface area contributed by atoms with Crippen molar-refractivity contribution in [2.45, 2.75) is 51.6 Å². The van der Waals surface area contributed by atoms with Gasteiger partial charge in [-0.15, -0.1) is 11.3 Å². The fourth-order valence-electron chi connectivity index (χ4n) is 3.96. The number of amides is 1. The Balaban J connectivity index is 1.59. The highest BCUT2D eigenvalue weighted by Crippen LogP contribution is 2.33. The van der Waals surface area contributed by atoms with E-state index in [1.165, 1.54) is 4.31 Å². The average molecular weight is 529 g/mol. The van der Waals surface area contributed by atoms with Gasteiger partial charge in [0.2, 0.25) is 22.7 Å². The highest BCUT2D eigenvalue weighted by molar-refractivity contribution is 7.89. The molecule has 0 unspecified atom stereocenters. The minimum Gasteiger partial charge on any atom is -0.454 e. The number of unbranched alkanes of at least 4 members (excludes halogenated alkanes) is 1. The fourth-order valence-corrected chi connectivity index (χ4v) is 6.31. The molecule has 1 amide bonds. The Morgan fingerprint density at radius 2 is 1.75 bits per heavy atom. The van der Waals surface area contributed by atoms with Crippen LogP contribution in [0.5, 0.6) is 11.5 Å².